The van der Waals surface area contributed by atoms with Crippen molar-refractivity contribution in [2.75, 3.05) is 13.1 Å². The van der Waals surface area contributed by atoms with Crippen molar-refractivity contribution in [1.82, 2.24) is 10.3 Å². The Kier molecular flexibility index (Phi) is 2.82. The highest BCUT2D eigenvalue weighted by atomic mass is 16.1. The summed E-state index contributed by atoms with van der Waals surface area (Å²) >= 11 is 0. The second kappa shape index (κ2) is 4.11. The van der Waals surface area contributed by atoms with Crippen molar-refractivity contribution < 1.29 is 4.79 Å². The van der Waals surface area contributed by atoms with Gasteiger partial charge >= 0.3 is 0 Å². The lowest BCUT2D eigenvalue weighted by Gasteiger charge is -2.20. The summed E-state index contributed by atoms with van der Waals surface area (Å²) in [4.78, 5) is 16.1. The number of hydrogen-bond acceptors (Lipinski definition) is 3. The first-order chi connectivity index (χ1) is 7.21. The summed E-state index contributed by atoms with van der Waals surface area (Å²) in [5.41, 5.74) is 0.839. The zero-order valence-corrected chi connectivity index (χ0v) is 8.99. The normalized spacial score (nSPS) is 25.4. The molecule has 1 saturated heterocycles. The summed E-state index contributed by atoms with van der Waals surface area (Å²) in [5, 5.41) is 3.24. The molecule has 1 aromatic rings. The topological polar surface area (TPSA) is 42.0 Å². The molecule has 0 spiro atoms. The first kappa shape index (κ1) is 10.3. The van der Waals surface area contributed by atoms with Crippen LogP contribution in [0.3, 0.4) is 0 Å². The zero-order chi connectivity index (χ0) is 10.7. The van der Waals surface area contributed by atoms with E-state index in [9.17, 15) is 4.79 Å². The third-order valence-electron chi connectivity index (χ3n) is 3.13. The van der Waals surface area contributed by atoms with Crippen molar-refractivity contribution in [2.24, 2.45) is 5.41 Å². The monoisotopic (exact) mass is 204 g/mol. The molecular formula is C12H16N2O. The standard InChI is InChI=1S/C12H16N2O/c1-12(4-6-14-9-12)11(15)7-10-3-2-5-13-8-10/h2-3,5,8,14H,4,6-7,9H2,1H3. The molecular weight excluding hydrogens is 188 g/mol. The number of ketones is 1. The molecule has 0 bridgehead atoms. The molecule has 0 aliphatic carbocycles. The van der Waals surface area contributed by atoms with Crippen LogP contribution in [0.1, 0.15) is 18.9 Å². The molecule has 0 radical (unpaired) electrons. The van der Waals surface area contributed by atoms with Crippen LogP contribution in [0, 0.1) is 5.41 Å². The molecule has 2 rings (SSSR count). The fourth-order valence-corrected chi connectivity index (χ4v) is 1.96. The van der Waals surface area contributed by atoms with Crippen LogP contribution in [0.4, 0.5) is 0 Å². The van der Waals surface area contributed by atoms with E-state index in [4.69, 9.17) is 0 Å². The number of rotatable bonds is 3. The maximum absolute atomic E-state index is 12.1. The minimum absolute atomic E-state index is 0.171. The Labute approximate surface area is 89.9 Å². The molecule has 1 aromatic heterocycles. The average Bonchev–Trinajstić information content (AvgIpc) is 2.68. The van der Waals surface area contributed by atoms with Crippen LogP contribution in [0.25, 0.3) is 0 Å². The fourth-order valence-electron chi connectivity index (χ4n) is 1.96. The second-order valence-electron chi connectivity index (χ2n) is 4.45. The Morgan fingerprint density at radius 1 is 1.67 bits per heavy atom. The van der Waals surface area contributed by atoms with Gasteiger partial charge in [-0.1, -0.05) is 13.0 Å². The molecule has 0 saturated carbocycles. The Morgan fingerprint density at radius 3 is 3.13 bits per heavy atom. The van der Waals surface area contributed by atoms with Crippen molar-refractivity contribution >= 4 is 5.78 Å². The van der Waals surface area contributed by atoms with Crippen LogP contribution in [0.15, 0.2) is 24.5 Å². The third-order valence-corrected chi connectivity index (χ3v) is 3.13. The van der Waals surface area contributed by atoms with Gasteiger partial charge in [0.1, 0.15) is 5.78 Å². The van der Waals surface area contributed by atoms with E-state index >= 15 is 0 Å². The minimum Gasteiger partial charge on any atom is -0.316 e. The Hall–Kier alpha value is -1.22. The van der Waals surface area contributed by atoms with E-state index in [1.165, 1.54) is 0 Å². The lowest BCUT2D eigenvalue weighted by Crippen LogP contribution is -2.31. The van der Waals surface area contributed by atoms with Crippen LogP contribution >= 0.6 is 0 Å². The first-order valence-electron chi connectivity index (χ1n) is 5.34. The average molecular weight is 204 g/mol. The van der Waals surface area contributed by atoms with Crippen molar-refractivity contribution in [3.8, 4) is 0 Å². The van der Waals surface area contributed by atoms with Gasteiger partial charge in [-0.15, -0.1) is 0 Å². The van der Waals surface area contributed by atoms with Crippen molar-refractivity contribution in [3.05, 3.63) is 30.1 Å². The Bertz CT molecular complexity index is 342. The van der Waals surface area contributed by atoms with Gasteiger partial charge in [0.25, 0.3) is 0 Å². The Balaban J connectivity index is 2.04. The van der Waals surface area contributed by atoms with Crippen LogP contribution in [0.5, 0.6) is 0 Å². The van der Waals surface area contributed by atoms with Gasteiger partial charge in [-0.2, -0.15) is 0 Å². The number of pyridine rings is 1. The predicted octanol–water partition coefficient (Wildman–Crippen LogP) is 1.19. The molecule has 1 aliphatic heterocycles. The van der Waals surface area contributed by atoms with Crippen LogP contribution < -0.4 is 5.32 Å². The number of nitrogens with one attached hydrogen (secondary N) is 1. The molecule has 1 aliphatic rings. The van der Waals surface area contributed by atoms with Crippen molar-refractivity contribution in [1.29, 1.82) is 0 Å². The van der Waals surface area contributed by atoms with E-state index in [1.807, 2.05) is 19.1 Å². The van der Waals surface area contributed by atoms with E-state index in [-0.39, 0.29) is 5.41 Å². The van der Waals surface area contributed by atoms with Gasteiger partial charge in [-0.05, 0) is 24.6 Å². The molecule has 1 fully saturated rings. The third kappa shape index (κ3) is 2.23. The number of carbonyl (C=O) groups is 1. The van der Waals surface area contributed by atoms with Gasteiger partial charge in [0.05, 0.1) is 0 Å². The van der Waals surface area contributed by atoms with E-state index in [0.717, 1.165) is 25.1 Å². The maximum atomic E-state index is 12.1. The molecule has 15 heavy (non-hydrogen) atoms. The fraction of sp³-hybridized carbons (Fsp3) is 0.500. The molecule has 2 heterocycles. The summed E-state index contributed by atoms with van der Waals surface area (Å²) in [6.45, 7) is 3.81. The highest BCUT2D eigenvalue weighted by molar-refractivity contribution is 5.87. The van der Waals surface area contributed by atoms with E-state index in [2.05, 4.69) is 10.3 Å². The van der Waals surface area contributed by atoms with Gasteiger partial charge in [-0.25, -0.2) is 0 Å². The summed E-state index contributed by atoms with van der Waals surface area (Å²) in [6, 6.07) is 3.83. The highest BCUT2D eigenvalue weighted by Crippen LogP contribution is 2.26. The molecule has 1 unspecified atom stereocenters. The van der Waals surface area contributed by atoms with Crippen LogP contribution in [-0.2, 0) is 11.2 Å². The molecule has 0 amide bonds. The molecule has 1 N–H and O–H groups in total. The molecule has 1 atom stereocenters. The molecule has 80 valence electrons. The number of Topliss-reactive ketones (excluding diaryl/α,β-unsaturated/α-hetero) is 1. The first-order valence-corrected chi connectivity index (χ1v) is 5.34. The van der Waals surface area contributed by atoms with Gasteiger partial charge in [0.15, 0.2) is 0 Å². The van der Waals surface area contributed by atoms with E-state index < -0.39 is 0 Å². The van der Waals surface area contributed by atoms with Gasteiger partial charge < -0.3 is 5.32 Å². The van der Waals surface area contributed by atoms with Crippen LogP contribution in [0.2, 0.25) is 0 Å². The maximum Gasteiger partial charge on any atom is 0.144 e. The summed E-state index contributed by atoms with van der Waals surface area (Å²) < 4.78 is 0. The number of aromatic nitrogens is 1. The van der Waals surface area contributed by atoms with Gasteiger partial charge in [0, 0.05) is 30.8 Å². The minimum atomic E-state index is -0.171. The lowest BCUT2D eigenvalue weighted by molar-refractivity contribution is -0.126. The highest BCUT2D eigenvalue weighted by Gasteiger charge is 2.35. The van der Waals surface area contributed by atoms with Crippen LogP contribution in [-0.4, -0.2) is 23.9 Å². The summed E-state index contributed by atoms with van der Waals surface area (Å²) in [5.74, 6) is 0.320. The van der Waals surface area contributed by atoms with E-state index in [1.54, 1.807) is 12.4 Å². The molecule has 3 nitrogen and oxygen atoms in total. The zero-order valence-electron chi connectivity index (χ0n) is 8.99. The van der Waals surface area contributed by atoms with Gasteiger partial charge in [-0.3, -0.25) is 9.78 Å². The number of nitrogens with zero attached hydrogens (tertiary/aromatic N) is 1. The smallest absolute Gasteiger partial charge is 0.144 e. The number of carbonyl (C=O) groups excluding carboxylic acids is 1. The van der Waals surface area contributed by atoms with Crippen molar-refractivity contribution in [3.63, 3.8) is 0 Å². The lowest BCUT2D eigenvalue weighted by atomic mass is 9.82. The van der Waals surface area contributed by atoms with Crippen molar-refractivity contribution in [2.45, 2.75) is 19.8 Å². The molecule has 3 heteroatoms. The van der Waals surface area contributed by atoms with Gasteiger partial charge in [0.2, 0.25) is 0 Å². The molecule has 0 aromatic carbocycles. The quantitative estimate of drug-likeness (QED) is 0.804. The SMILES string of the molecule is CC1(C(=O)Cc2cccnc2)CCNC1. The second-order valence-corrected chi connectivity index (χ2v) is 4.45. The summed E-state index contributed by atoms with van der Waals surface area (Å²) in [7, 11) is 0. The summed E-state index contributed by atoms with van der Waals surface area (Å²) in [6.07, 6.45) is 4.95. The van der Waals surface area contributed by atoms with E-state index in [0.29, 0.717) is 12.2 Å². The Morgan fingerprint density at radius 2 is 2.53 bits per heavy atom. The predicted molar refractivity (Wildman–Crippen MR) is 58.5 cm³/mol. The number of hydrogen-bond donors (Lipinski definition) is 1. The largest absolute Gasteiger partial charge is 0.316 e.